The Hall–Kier alpha value is -2.62. The number of hydrogen-bond donors (Lipinski definition) is 3. The molecule has 28 heavy (non-hydrogen) atoms. The molecule has 0 spiro atoms. The van der Waals surface area contributed by atoms with E-state index in [9.17, 15) is 9.50 Å². The Labute approximate surface area is 179 Å². The molecule has 0 saturated heterocycles. The summed E-state index contributed by atoms with van der Waals surface area (Å²) in [6.45, 7) is 3.36. The van der Waals surface area contributed by atoms with Gasteiger partial charge in [0, 0.05) is 12.1 Å². The summed E-state index contributed by atoms with van der Waals surface area (Å²) in [6, 6.07) is 13.9. The van der Waals surface area contributed by atoms with Crippen molar-refractivity contribution in [2.75, 3.05) is 6.54 Å². The van der Waals surface area contributed by atoms with Gasteiger partial charge in [-0.3, -0.25) is 0 Å². The zero-order valence-corrected chi connectivity index (χ0v) is 17.7. The molecule has 3 aromatic rings. The zero-order valence-electron chi connectivity index (χ0n) is 15.4. The van der Waals surface area contributed by atoms with Crippen LogP contribution < -0.4 is 10.6 Å². The van der Waals surface area contributed by atoms with Crippen LogP contribution in [0.4, 0.5) is 4.39 Å². The molecule has 1 heterocycles. The van der Waals surface area contributed by atoms with Crippen molar-refractivity contribution in [3.63, 3.8) is 0 Å². The maximum atomic E-state index is 13.4. The minimum absolute atomic E-state index is 0. The molecule has 0 atom stereocenters. The summed E-state index contributed by atoms with van der Waals surface area (Å²) in [5.74, 6) is 0.119. The Morgan fingerprint density at radius 2 is 1.96 bits per heavy atom. The predicted octanol–water partition coefficient (Wildman–Crippen LogP) is 4.06. The van der Waals surface area contributed by atoms with Crippen molar-refractivity contribution in [1.29, 1.82) is 0 Å². The number of nitrogens with one attached hydrogen (secondary N) is 2. The van der Waals surface area contributed by atoms with Crippen molar-refractivity contribution in [3.05, 3.63) is 71.9 Å². The monoisotopic (exact) mass is 496 g/mol. The SMILES string of the molecule is CCNC(=NCc1ccc(O)c(F)c1)NCc1coc(-c2ccccc2)n1.I. The molecule has 0 saturated carbocycles. The molecule has 0 amide bonds. The Balaban J connectivity index is 0.00000280. The summed E-state index contributed by atoms with van der Waals surface area (Å²) < 4.78 is 18.9. The number of halogens is 2. The first-order chi connectivity index (χ1) is 13.2. The number of aliphatic imine (C=N–C) groups is 1. The normalized spacial score (nSPS) is 11.0. The van der Waals surface area contributed by atoms with E-state index in [1.54, 1.807) is 12.3 Å². The van der Waals surface area contributed by atoms with Gasteiger partial charge in [-0.05, 0) is 36.8 Å². The van der Waals surface area contributed by atoms with Gasteiger partial charge in [-0.2, -0.15) is 0 Å². The van der Waals surface area contributed by atoms with Gasteiger partial charge in [0.05, 0.1) is 18.8 Å². The van der Waals surface area contributed by atoms with E-state index in [0.29, 0.717) is 30.5 Å². The molecule has 3 rings (SSSR count). The van der Waals surface area contributed by atoms with Crippen LogP contribution in [0.5, 0.6) is 5.75 Å². The molecule has 0 bridgehead atoms. The fraction of sp³-hybridized carbons (Fsp3) is 0.200. The standard InChI is InChI=1S/C20H21FN4O2.HI/c1-2-22-20(23-11-14-8-9-18(26)17(21)10-14)24-12-16-13-27-19(25-16)15-6-4-3-5-7-15;/h3-10,13,26H,2,11-12H2,1H3,(H2,22,23,24);1H. The Kier molecular flexibility index (Phi) is 8.24. The lowest BCUT2D eigenvalue weighted by Gasteiger charge is -2.10. The van der Waals surface area contributed by atoms with E-state index >= 15 is 0 Å². The van der Waals surface area contributed by atoms with Crippen molar-refractivity contribution in [3.8, 4) is 17.2 Å². The number of guanidine groups is 1. The lowest BCUT2D eigenvalue weighted by molar-refractivity contribution is 0.432. The number of oxazole rings is 1. The van der Waals surface area contributed by atoms with Gasteiger partial charge >= 0.3 is 0 Å². The molecule has 3 N–H and O–H groups in total. The van der Waals surface area contributed by atoms with E-state index in [4.69, 9.17) is 4.42 Å². The van der Waals surface area contributed by atoms with Gasteiger partial charge in [-0.1, -0.05) is 24.3 Å². The molecule has 8 heteroatoms. The lowest BCUT2D eigenvalue weighted by Crippen LogP contribution is -2.36. The topological polar surface area (TPSA) is 82.7 Å². The summed E-state index contributed by atoms with van der Waals surface area (Å²) in [7, 11) is 0. The molecular formula is C20H22FIN4O2. The highest BCUT2D eigenvalue weighted by Crippen LogP contribution is 2.18. The van der Waals surface area contributed by atoms with Crippen LogP contribution in [-0.4, -0.2) is 22.6 Å². The van der Waals surface area contributed by atoms with Gasteiger partial charge in [0.2, 0.25) is 5.89 Å². The van der Waals surface area contributed by atoms with Crippen LogP contribution in [0, 0.1) is 5.82 Å². The average molecular weight is 496 g/mol. The van der Waals surface area contributed by atoms with Crippen LogP contribution in [0.3, 0.4) is 0 Å². The smallest absolute Gasteiger partial charge is 0.226 e. The summed E-state index contributed by atoms with van der Waals surface area (Å²) in [5.41, 5.74) is 2.32. The van der Waals surface area contributed by atoms with E-state index in [1.165, 1.54) is 12.1 Å². The third-order valence-corrected chi connectivity index (χ3v) is 3.79. The summed E-state index contributed by atoms with van der Waals surface area (Å²) in [5, 5.41) is 15.5. The first-order valence-corrected chi connectivity index (χ1v) is 8.65. The van der Waals surface area contributed by atoms with E-state index in [0.717, 1.165) is 11.3 Å². The first-order valence-electron chi connectivity index (χ1n) is 8.65. The number of rotatable bonds is 6. The number of phenolic OH excluding ortho intramolecular Hbond substituents is 1. The van der Waals surface area contributed by atoms with Crippen LogP contribution in [0.1, 0.15) is 18.2 Å². The lowest BCUT2D eigenvalue weighted by atomic mass is 10.2. The highest BCUT2D eigenvalue weighted by Gasteiger charge is 2.07. The first kappa shape index (κ1) is 21.7. The maximum Gasteiger partial charge on any atom is 0.226 e. The quantitative estimate of drug-likeness (QED) is 0.273. The second kappa shape index (κ2) is 10.6. The van der Waals surface area contributed by atoms with E-state index in [2.05, 4.69) is 20.6 Å². The van der Waals surface area contributed by atoms with Gasteiger partial charge in [0.1, 0.15) is 6.26 Å². The highest BCUT2D eigenvalue weighted by molar-refractivity contribution is 14.0. The van der Waals surface area contributed by atoms with E-state index in [-0.39, 0.29) is 36.3 Å². The van der Waals surface area contributed by atoms with Gasteiger partial charge < -0.3 is 20.2 Å². The second-order valence-electron chi connectivity index (χ2n) is 5.84. The number of benzene rings is 2. The Morgan fingerprint density at radius 3 is 2.68 bits per heavy atom. The third-order valence-electron chi connectivity index (χ3n) is 3.79. The minimum atomic E-state index is -0.656. The van der Waals surface area contributed by atoms with Crippen LogP contribution in [0.25, 0.3) is 11.5 Å². The van der Waals surface area contributed by atoms with Crippen LogP contribution >= 0.6 is 24.0 Å². The molecule has 0 radical (unpaired) electrons. The fourth-order valence-corrected chi connectivity index (χ4v) is 2.44. The molecule has 2 aromatic carbocycles. The average Bonchev–Trinajstić information content (AvgIpc) is 3.16. The molecular weight excluding hydrogens is 474 g/mol. The van der Waals surface area contributed by atoms with Crippen LogP contribution in [0.2, 0.25) is 0 Å². The minimum Gasteiger partial charge on any atom is -0.505 e. The number of hydrogen-bond acceptors (Lipinski definition) is 4. The predicted molar refractivity (Wildman–Crippen MR) is 117 cm³/mol. The fourth-order valence-electron chi connectivity index (χ4n) is 2.44. The molecule has 0 aliphatic carbocycles. The van der Waals surface area contributed by atoms with E-state index in [1.807, 2.05) is 37.3 Å². The Bertz CT molecular complexity index is 916. The van der Waals surface area contributed by atoms with Crippen LogP contribution in [-0.2, 0) is 13.1 Å². The van der Waals surface area contributed by atoms with Gasteiger partial charge in [-0.15, -0.1) is 24.0 Å². The highest BCUT2D eigenvalue weighted by atomic mass is 127. The summed E-state index contributed by atoms with van der Waals surface area (Å²) in [6.07, 6.45) is 1.61. The number of nitrogens with zero attached hydrogens (tertiary/aromatic N) is 2. The van der Waals surface area contributed by atoms with Crippen molar-refractivity contribution in [2.24, 2.45) is 4.99 Å². The second-order valence-corrected chi connectivity index (χ2v) is 5.84. The molecule has 148 valence electrons. The van der Waals surface area contributed by atoms with Crippen molar-refractivity contribution in [1.82, 2.24) is 15.6 Å². The Morgan fingerprint density at radius 1 is 1.18 bits per heavy atom. The maximum absolute atomic E-state index is 13.4. The van der Waals surface area contributed by atoms with Gasteiger partial charge in [0.15, 0.2) is 17.5 Å². The van der Waals surface area contributed by atoms with E-state index < -0.39 is 5.82 Å². The molecule has 0 aliphatic rings. The van der Waals surface area contributed by atoms with Crippen molar-refractivity contribution >= 4 is 29.9 Å². The van der Waals surface area contributed by atoms with Crippen molar-refractivity contribution < 1.29 is 13.9 Å². The molecule has 0 aliphatic heterocycles. The number of phenols is 1. The van der Waals surface area contributed by atoms with Crippen LogP contribution in [0.15, 0.2) is 64.2 Å². The van der Waals surface area contributed by atoms with Gasteiger partial charge in [-0.25, -0.2) is 14.4 Å². The molecule has 1 aromatic heterocycles. The van der Waals surface area contributed by atoms with Gasteiger partial charge in [0.25, 0.3) is 0 Å². The van der Waals surface area contributed by atoms with Crippen molar-refractivity contribution in [2.45, 2.75) is 20.0 Å². The number of aromatic nitrogens is 1. The zero-order chi connectivity index (χ0) is 19.1. The number of aromatic hydroxyl groups is 1. The molecule has 6 nitrogen and oxygen atoms in total. The third kappa shape index (κ3) is 5.95. The summed E-state index contributed by atoms with van der Waals surface area (Å²) >= 11 is 0. The largest absolute Gasteiger partial charge is 0.505 e. The molecule has 0 unspecified atom stereocenters. The summed E-state index contributed by atoms with van der Waals surface area (Å²) in [4.78, 5) is 8.89. The molecule has 0 fully saturated rings.